The van der Waals surface area contributed by atoms with Crippen molar-refractivity contribution < 1.29 is 4.79 Å². The highest BCUT2D eigenvalue weighted by Crippen LogP contribution is 2.10. The maximum Gasteiger partial charge on any atom is 0.238 e. The molecule has 0 unspecified atom stereocenters. The van der Waals surface area contributed by atoms with Crippen LogP contribution in [0.4, 0.5) is 5.69 Å². The molecule has 106 valence electrons. The molecule has 3 N–H and O–H groups in total. The molecule has 4 heteroatoms. The van der Waals surface area contributed by atoms with Gasteiger partial charge in [-0.2, -0.15) is 0 Å². The van der Waals surface area contributed by atoms with Crippen molar-refractivity contribution in [3.8, 4) is 0 Å². The Morgan fingerprint density at radius 2 is 2.00 bits per heavy atom. The van der Waals surface area contributed by atoms with Crippen LogP contribution in [-0.2, 0) is 11.2 Å². The lowest BCUT2D eigenvalue weighted by atomic mass is 10.1. The van der Waals surface area contributed by atoms with Crippen molar-refractivity contribution in [2.24, 2.45) is 5.73 Å². The molecule has 0 spiro atoms. The van der Waals surface area contributed by atoms with Gasteiger partial charge in [0, 0.05) is 5.69 Å². The van der Waals surface area contributed by atoms with Crippen LogP contribution in [0.5, 0.6) is 0 Å². The Hall–Kier alpha value is -1.39. The highest BCUT2D eigenvalue weighted by Gasteiger charge is 2.06. The van der Waals surface area contributed by atoms with Crippen LogP contribution in [0.25, 0.3) is 0 Å². The molecule has 1 amide bonds. The Morgan fingerprint density at radius 3 is 2.58 bits per heavy atom. The molecule has 0 fully saturated rings. The van der Waals surface area contributed by atoms with Crippen LogP contribution in [0, 0.1) is 0 Å². The number of hydrogen-bond acceptors (Lipinski definition) is 3. The van der Waals surface area contributed by atoms with Crippen molar-refractivity contribution in [1.29, 1.82) is 0 Å². The smallest absolute Gasteiger partial charge is 0.238 e. The molecule has 1 aromatic rings. The van der Waals surface area contributed by atoms with E-state index in [2.05, 4.69) is 24.4 Å². The largest absolute Gasteiger partial charge is 0.330 e. The maximum absolute atomic E-state index is 11.8. The Bertz CT molecular complexity index is 375. The second-order valence-corrected chi connectivity index (χ2v) is 4.88. The number of carbonyl (C=O) groups is 1. The molecule has 0 aliphatic rings. The van der Waals surface area contributed by atoms with Crippen LogP contribution in [-0.4, -0.2) is 37.5 Å². The van der Waals surface area contributed by atoms with Crippen LogP contribution >= 0.6 is 0 Å². The van der Waals surface area contributed by atoms with Crippen LogP contribution in [0.3, 0.4) is 0 Å². The Labute approximate surface area is 116 Å². The van der Waals surface area contributed by atoms with E-state index in [4.69, 9.17) is 5.73 Å². The van der Waals surface area contributed by atoms with Gasteiger partial charge in [-0.3, -0.25) is 9.69 Å². The van der Waals surface area contributed by atoms with E-state index in [1.165, 1.54) is 5.56 Å². The first-order chi connectivity index (χ1) is 9.15. The van der Waals surface area contributed by atoms with Gasteiger partial charge >= 0.3 is 0 Å². The summed E-state index contributed by atoms with van der Waals surface area (Å²) < 4.78 is 0. The van der Waals surface area contributed by atoms with Gasteiger partial charge in [0.1, 0.15) is 0 Å². The van der Waals surface area contributed by atoms with Crippen LogP contribution in [0.2, 0.25) is 0 Å². The first-order valence-electron chi connectivity index (χ1n) is 6.93. The quantitative estimate of drug-likeness (QED) is 0.752. The lowest BCUT2D eigenvalue weighted by molar-refractivity contribution is -0.117. The van der Waals surface area contributed by atoms with Crippen LogP contribution < -0.4 is 11.1 Å². The average Bonchev–Trinajstić information content (AvgIpc) is 2.39. The minimum Gasteiger partial charge on any atom is -0.330 e. The minimum absolute atomic E-state index is 0.0164. The monoisotopic (exact) mass is 263 g/mol. The van der Waals surface area contributed by atoms with Gasteiger partial charge in [0.25, 0.3) is 0 Å². The molecule has 0 radical (unpaired) electrons. The predicted octanol–water partition coefficient (Wildman–Crippen LogP) is 1.86. The summed E-state index contributed by atoms with van der Waals surface area (Å²) in [5, 5.41) is 2.91. The van der Waals surface area contributed by atoms with E-state index in [-0.39, 0.29) is 5.91 Å². The fraction of sp³-hybridized carbons (Fsp3) is 0.533. The third-order valence-corrected chi connectivity index (χ3v) is 2.93. The van der Waals surface area contributed by atoms with Crippen molar-refractivity contribution >= 4 is 11.6 Å². The Morgan fingerprint density at radius 1 is 1.32 bits per heavy atom. The maximum atomic E-state index is 11.8. The number of likely N-dealkylation sites (N-methyl/N-ethyl adjacent to an activating group) is 1. The SMILES string of the molecule is CCCc1ccc(NC(=O)CN(C)CCCN)cc1. The summed E-state index contributed by atoms with van der Waals surface area (Å²) in [5.74, 6) is 0.0164. The molecule has 0 heterocycles. The number of amides is 1. The summed E-state index contributed by atoms with van der Waals surface area (Å²) in [5.41, 5.74) is 7.61. The molecule has 0 aliphatic heterocycles. The lowest BCUT2D eigenvalue weighted by Gasteiger charge is -2.15. The van der Waals surface area contributed by atoms with Gasteiger partial charge in [0.2, 0.25) is 5.91 Å². The second-order valence-electron chi connectivity index (χ2n) is 4.88. The molecule has 1 rings (SSSR count). The normalized spacial score (nSPS) is 10.7. The summed E-state index contributed by atoms with van der Waals surface area (Å²) in [6, 6.07) is 8.06. The number of nitrogens with zero attached hydrogens (tertiary/aromatic N) is 1. The molecule has 0 saturated carbocycles. The van der Waals surface area contributed by atoms with Gasteiger partial charge in [-0.15, -0.1) is 0 Å². The molecule has 0 saturated heterocycles. The van der Waals surface area contributed by atoms with Gasteiger partial charge < -0.3 is 11.1 Å². The third-order valence-electron chi connectivity index (χ3n) is 2.93. The van der Waals surface area contributed by atoms with Gasteiger partial charge in [-0.25, -0.2) is 0 Å². The van der Waals surface area contributed by atoms with Crippen molar-refractivity contribution in [2.75, 3.05) is 32.0 Å². The number of benzene rings is 1. The third kappa shape index (κ3) is 6.36. The standard InChI is InChI=1S/C15H25N3O/c1-3-5-13-6-8-14(9-7-13)17-15(19)12-18(2)11-4-10-16/h6-9H,3-5,10-12,16H2,1-2H3,(H,17,19). The van der Waals surface area contributed by atoms with Gasteiger partial charge in [-0.1, -0.05) is 25.5 Å². The Balaban J connectivity index is 2.39. The second kappa shape index (κ2) is 8.67. The zero-order valence-corrected chi connectivity index (χ0v) is 12.0. The molecule has 19 heavy (non-hydrogen) atoms. The summed E-state index contributed by atoms with van der Waals surface area (Å²) in [6.07, 6.45) is 3.13. The lowest BCUT2D eigenvalue weighted by Crippen LogP contribution is -2.31. The summed E-state index contributed by atoms with van der Waals surface area (Å²) in [7, 11) is 1.93. The molecule has 0 aliphatic carbocycles. The number of hydrogen-bond donors (Lipinski definition) is 2. The number of rotatable bonds is 8. The van der Waals surface area contributed by atoms with Crippen LogP contribution in [0.15, 0.2) is 24.3 Å². The summed E-state index contributed by atoms with van der Waals surface area (Å²) >= 11 is 0. The number of nitrogens with two attached hydrogens (primary N) is 1. The predicted molar refractivity (Wildman–Crippen MR) is 80.2 cm³/mol. The molecule has 4 nitrogen and oxygen atoms in total. The van der Waals surface area contributed by atoms with Gasteiger partial charge in [0.15, 0.2) is 0 Å². The van der Waals surface area contributed by atoms with Crippen molar-refractivity contribution in [1.82, 2.24) is 4.90 Å². The van der Waals surface area contributed by atoms with E-state index >= 15 is 0 Å². The molecule has 0 bridgehead atoms. The molecule has 0 atom stereocenters. The molecular formula is C15H25N3O. The van der Waals surface area contributed by atoms with E-state index in [1.54, 1.807) is 0 Å². The van der Waals surface area contributed by atoms with Crippen molar-refractivity contribution in [3.63, 3.8) is 0 Å². The minimum atomic E-state index is 0.0164. The average molecular weight is 263 g/mol. The number of carbonyl (C=O) groups excluding carboxylic acids is 1. The van der Waals surface area contributed by atoms with E-state index in [0.29, 0.717) is 13.1 Å². The number of aryl methyl sites for hydroxylation is 1. The molecule has 1 aromatic carbocycles. The fourth-order valence-corrected chi connectivity index (χ4v) is 1.93. The topological polar surface area (TPSA) is 58.4 Å². The van der Waals surface area contributed by atoms with Gasteiger partial charge in [0.05, 0.1) is 6.54 Å². The van der Waals surface area contributed by atoms with Gasteiger partial charge in [-0.05, 0) is 50.7 Å². The van der Waals surface area contributed by atoms with E-state index in [9.17, 15) is 4.79 Å². The highest BCUT2D eigenvalue weighted by atomic mass is 16.2. The van der Waals surface area contributed by atoms with Crippen LogP contribution in [0.1, 0.15) is 25.3 Å². The van der Waals surface area contributed by atoms with E-state index in [0.717, 1.165) is 31.5 Å². The first kappa shape index (κ1) is 15.7. The van der Waals surface area contributed by atoms with Crippen molar-refractivity contribution in [3.05, 3.63) is 29.8 Å². The zero-order valence-electron chi connectivity index (χ0n) is 12.0. The highest BCUT2D eigenvalue weighted by molar-refractivity contribution is 5.92. The Kier molecular flexibility index (Phi) is 7.15. The molecular weight excluding hydrogens is 238 g/mol. The first-order valence-corrected chi connectivity index (χ1v) is 6.93. The van der Waals surface area contributed by atoms with Crippen molar-refractivity contribution in [2.45, 2.75) is 26.2 Å². The fourth-order valence-electron chi connectivity index (χ4n) is 1.93. The number of anilines is 1. The van der Waals surface area contributed by atoms with E-state index < -0.39 is 0 Å². The zero-order chi connectivity index (χ0) is 14.1. The summed E-state index contributed by atoms with van der Waals surface area (Å²) in [4.78, 5) is 13.8. The van der Waals surface area contributed by atoms with E-state index in [1.807, 2.05) is 24.1 Å². The summed E-state index contributed by atoms with van der Waals surface area (Å²) in [6.45, 7) is 4.06. The molecule has 0 aromatic heterocycles. The number of nitrogens with one attached hydrogen (secondary N) is 1.